The Kier molecular flexibility index (Phi) is 14.5. The molecule has 0 aliphatic heterocycles. The van der Waals surface area contributed by atoms with Crippen LogP contribution >= 0.6 is 0 Å². The highest BCUT2D eigenvalue weighted by Crippen LogP contribution is 2.20. The first kappa shape index (κ1) is 35.0. The highest BCUT2D eigenvalue weighted by molar-refractivity contribution is 6.05. The monoisotopic (exact) mass is 568 g/mol. The molecule has 0 saturated heterocycles. The van der Waals surface area contributed by atoms with Crippen molar-refractivity contribution >= 4 is 23.8 Å². The van der Waals surface area contributed by atoms with E-state index >= 15 is 0 Å². The van der Waals surface area contributed by atoms with Crippen molar-refractivity contribution in [3.8, 4) is 0 Å². The van der Waals surface area contributed by atoms with E-state index in [-0.39, 0.29) is 19.8 Å². The quantitative estimate of drug-likeness (QED) is 0.207. The lowest BCUT2D eigenvalue weighted by atomic mass is 9.88. The van der Waals surface area contributed by atoms with Gasteiger partial charge in [-0.25, -0.2) is 4.79 Å². The highest BCUT2D eigenvalue weighted by atomic mass is 16.6. The number of ether oxygens (including phenoxy) is 3. The molecule has 0 fully saturated rings. The fraction of sp³-hybridized carbons (Fsp3) is 0.438. The standard InChI is InChI=1S/C28H36N2O7.C4H8/c1-27(2,3)37-26(34)30-22(19-35-17-20-12-8-6-9-13-20)24(32)29-16-23(31)28(4,5)25(33)36-18-21-14-10-7-11-15-21;1-4(2)3/h6-15,22H,16-19H2,1-5H3,(H,29,32)(H,30,34);1H2,2-3H3. The van der Waals surface area contributed by atoms with Gasteiger partial charge in [0.2, 0.25) is 5.91 Å². The van der Waals surface area contributed by atoms with Gasteiger partial charge in [-0.3, -0.25) is 14.4 Å². The highest BCUT2D eigenvalue weighted by Gasteiger charge is 2.38. The van der Waals surface area contributed by atoms with Crippen molar-refractivity contribution in [2.24, 2.45) is 5.41 Å². The first-order valence-corrected chi connectivity index (χ1v) is 13.4. The molecule has 0 aliphatic carbocycles. The number of nitrogens with one attached hydrogen (secondary N) is 2. The Morgan fingerprint density at radius 1 is 0.829 bits per heavy atom. The number of benzene rings is 2. The third kappa shape index (κ3) is 14.8. The molecule has 1 unspecified atom stereocenters. The molecule has 2 amide bonds. The number of rotatable bonds is 12. The molecule has 0 radical (unpaired) electrons. The summed E-state index contributed by atoms with van der Waals surface area (Å²) >= 11 is 0. The summed E-state index contributed by atoms with van der Waals surface area (Å²) in [6.07, 6.45) is -0.799. The molecule has 0 heterocycles. The molecule has 0 spiro atoms. The largest absolute Gasteiger partial charge is 0.460 e. The number of ketones is 1. The van der Waals surface area contributed by atoms with E-state index in [0.717, 1.165) is 11.1 Å². The predicted octanol–water partition coefficient (Wildman–Crippen LogP) is 5.13. The van der Waals surface area contributed by atoms with E-state index in [1.54, 1.807) is 32.9 Å². The molecular formula is C32H44N2O7. The fourth-order valence-corrected chi connectivity index (χ4v) is 3.03. The number of hydrogen-bond acceptors (Lipinski definition) is 7. The summed E-state index contributed by atoms with van der Waals surface area (Å²) in [5, 5.41) is 4.97. The van der Waals surface area contributed by atoms with Gasteiger partial charge >= 0.3 is 12.1 Å². The van der Waals surface area contributed by atoms with Gasteiger partial charge in [0, 0.05) is 0 Å². The summed E-state index contributed by atoms with van der Waals surface area (Å²) in [4.78, 5) is 50.5. The third-order valence-corrected chi connectivity index (χ3v) is 5.25. The molecular weight excluding hydrogens is 524 g/mol. The smallest absolute Gasteiger partial charge is 0.408 e. The van der Waals surface area contributed by atoms with E-state index in [1.165, 1.54) is 19.4 Å². The van der Waals surface area contributed by atoms with Gasteiger partial charge in [-0.15, -0.1) is 6.58 Å². The van der Waals surface area contributed by atoms with Crippen molar-refractivity contribution in [3.63, 3.8) is 0 Å². The number of carbonyl (C=O) groups excluding carboxylic acids is 4. The zero-order chi connectivity index (χ0) is 31.1. The molecule has 0 saturated carbocycles. The van der Waals surface area contributed by atoms with E-state index in [0.29, 0.717) is 0 Å². The molecule has 2 aromatic rings. The topological polar surface area (TPSA) is 120 Å². The van der Waals surface area contributed by atoms with Crippen LogP contribution in [-0.2, 0) is 41.8 Å². The molecule has 2 rings (SSSR count). The Labute approximate surface area is 243 Å². The Morgan fingerprint density at radius 3 is 1.80 bits per heavy atom. The second-order valence-electron chi connectivity index (χ2n) is 11.2. The Balaban J connectivity index is 0.00000196. The maximum Gasteiger partial charge on any atom is 0.408 e. The van der Waals surface area contributed by atoms with Crippen molar-refractivity contribution in [1.29, 1.82) is 0 Å². The minimum Gasteiger partial charge on any atom is -0.460 e. The lowest BCUT2D eigenvalue weighted by Gasteiger charge is -2.24. The molecule has 9 nitrogen and oxygen atoms in total. The molecule has 224 valence electrons. The number of amides is 2. The molecule has 2 N–H and O–H groups in total. The first-order chi connectivity index (χ1) is 19.1. The first-order valence-electron chi connectivity index (χ1n) is 13.4. The van der Waals surface area contributed by atoms with Gasteiger partial charge in [-0.05, 0) is 59.6 Å². The lowest BCUT2D eigenvalue weighted by molar-refractivity contribution is -0.159. The van der Waals surface area contributed by atoms with Crippen LogP contribution in [0.1, 0.15) is 59.6 Å². The maximum atomic E-state index is 12.9. The van der Waals surface area contributed by atoms with Gasteiger partial charge in [-0.1, -0.05) is 66.2 Å². The molecule has 0 bridgehead atoms. The van der Waals surface area contributed by atoms with Crippen LogP contribution < -0.4 is 10.6 Å². The molecule has 1 atom stereocenters. The van der Waals surface area contributed by atoms with Crippen LogP contribution in [0.5, 0.6) is 0 Å². The summed E-state index contributed by atoms with van der Waals surface area (Å²) in [6, 6.07) is 17.3. The summed E-state index contributed by atoms with van der Waals surface area (Å²) < 4.78 is 16.2. The number of allylic oxidation sites excluding steroid dienone is 1. The number of carbonyl (C=O) groups is 4. The van der Waals surface area contributed by atoms with Gasteiger partial charge in [0.05, 0.1) is 19.8 Å². The van der Waals surface area contributed by atoms with Crippen molar-refractivity contribution in [2.75, 3.05) is 13.2 Å². The van der Waals surface area contributed by atoms with Crippen LogP contribution in [0.25, 0.3) is 0 Å². The van der Waals surface area contributed by atoms with Gasteiger partial charge in [0.1, 0.15) is 23.7 Å². The Bertz CT molecular complexity index is 1140. The SMILES string of the molecule is C=C(C)C.CC(C)(C)OC(=O)NC(COCc1ccccc1)C(=O)NCC(=O)C(C)(C)C(=O)OCc1ccccc1. The van der Waals surface area contributed by atoms with Crippen molar-refractivity contribution in [1.82, 2.24) is 10.6 Å². The zero-order valence-electron chi connectivity index (χ0n) is 25.2. The van der Waals surface area contributed by atoms with Crippen LogP contribution in [0.3, 0.4) is 0 Å². The fourth-order valence-electron chi connectivity index (χ4n) is 3.03. The van der Waals surface area contributed by atoms with Gasteiger partial charge in [0.15, 0.2) is 5.78 Å². The number of esters is 1. The molecule has 9 heteroatoms. The van der Waals surface area contributed by atoms with Crippen LogP contribution in [0.4, 0.5) is 4.79 Å². The van der Waals surface area contributed by atoms with E-state index in [4.69, 9.17) is 14.2 Å². The molecule has 0 aromatic heterocycles. The predicted molar refractivity (Wildman–Crippen MR) is 158 cm³/mol. The van der Waals surface area contributed by atoms with Crippen molar-refractivity contribution < 1.29 is 33.4 Å². The number of Topliss-reactive ketones (excluding diaryl/α,β-unsaturated/α-hetero) is 1. The minimum atomic E-state index is -1.49. The zero-order valence-corrected chi connectivity index (χ0v) is 25.2. The van der Waals surface area contributed by atoms with Crippen LogP contribution in [0, 0.1) is 5.41 Å². The Hall–Kier alpha value is -3.98. The van der Waals surface area contributed by atoms with E-state index in [9.17, 15) is 19.2 Å². The third-order valence-electron chi connectivity index (χ3n) is 5.25. The normalized spacial score (nSPS) is 11.7. The van der Waals surface area contributed by atoms with E-state index < -0.39 is 47.4 Å². The average Bonchev–Trinajstić information content (AvgIpc) is 2.89. The maximum absolute atomic E-state index is 12.9. The van der Waals surface area contributed by atoms with Crippen molar-refractivity contribution in [2.45, 2.75) is 73.3 Å². The summed E-state index contributed by atoms with van der Waals surface area (Å²) in [5.41, 5.74) is 0.597. The molecule has 41 heavy (non-hydrogen) atoms. The second-order valence-corrected chi connectivity index (χ2v) is 11.2. The summed E-state index contributed by atoms with van der Waals surface area (Å²) in [5.74, 6) is -1.90. The van der Waals surface area contributed by atoms with Gasteiger partial charge < -0.3 is 24.8 Å². The van der Waals surface area contributed by atoms with Crippen LogP contribution in [0.15, 0.2) is 72.8 Å². The second kappa shape index (κ2) is 17.0. The van der Waals surface area contributed by atoms with Crippen molar-refractivity contribution in [3.05, 3.63) is 83.9 Å². The molecule has 0 aliphatic rings. The summed E-state index contributed by atoms with van der Waals surface area (Å²) in [7, 11) is 0. The lowest BCUT2D eigenvalue weighted by Crippen LogP contribution is -2.52. The molecule has 2 aromatic carbocycles. The van der Waals surface area contributed by atoms with Crippen LogP contribution in [0.2, 0.25) is 0 Å². The van der Waals surface area contributed by atoms with Gasteiger partial charge in [-0.2, -0.15) is 0 Å². The minimum absolute atomic E-state index is 0.0311. The van der Waals surface area contributed by atoms with E-state index in [1.807, 2.05) is 62.4 Å². The van der Waals surface area contributed by atoms with Crippen LogP contribution in [-0.4, -0.2) is 48.5 Å². The Morgan fingerprint density at radius 2 is 1.32 bits per heavy atom. The van der Waals surface area contributed by atoms with Gasteiger partial charge in [0.25, 0.3) is 0 Å². The van der Waals surface area contributed by atoms with E-state index in [2.05, 4.69) is 17.2 Å². The summed E-state index contributed by atoms with van der Waals surface area (Å²) in [6.45, 7) is 15.1. The average molecular weight is 569 g/mol. The number of hydrogen-bond donors (Lipinski definition) is 2. The number of alkyl carbamates (subject to hydrolysis) is 1.